The molecule has 0 aliphatic rings. The SMILES string of the molecule is CC(NC(=O)c1ccc(C=CC(=O)O)s1)c1ccco1. The van der Waals surface area contributed by atoms with Gasteiger partial charge in [0.2, 0.25) is 0 Å². The Morgan fingerprint density at radius 3 is 2.85 bits per heavy atom. The predicted molar refractivity (Wildman–Crippen MR) is 75.6 cm³/mol. The molecule has 2 aromatic heterocycles. The van der Waals surface area contributed by atoms with Gasteiger partial charge in [-0.05, 0) is 37.3 Å². The van der Waals surface area contributed by atoms with Gasteiger partial charge in [-0.3, -0.25) is 4.79 Å². The first-order chi connectivity index (χ1) is 9.56. The van der Waals surface area contributed by atoms with Crippen LogP contribution in [0, 0.1) is 0 Å². The molecule has 0 saturated carbocycles. The van der Waals surface area contributed by atoms with Crippen LogP contribution in [0.15, 0.2) is 41.0 Å². The molecule has 0 saturated heterocycles. The Kier molecular flexibility index (Phi) is 4.37. The number of carbonyl (C=O) groups is 2. The minimum Gasteiger partial charge on any atom is -0.478 e. The highest BCUT2D eigenvalue weighted by Crippen LogP contribution is 2.19. The molecule has 0 aliphatic carbocycles. The lowest BCUT2D eigenvalue weighted by atomic mass is 10.2. The summed E-state index contributed by atoms with van der Waals surface area (Å²) in [5.41, 5.74) is 0. The summed E-state index contributed by atoms with van der Waals surface area (Å²) in [4.78, 5) is 23.7. The molecule has 20 heavy (non-hydrogen) atoms. The second-order valence-electron chi connectivity index (χ2n) is 4.08. The van der Waals surface area contributed by atoms with Crippen LogP contribution in [0.3, 0.4) is 0 Å². The zero-order valence-electron chi connectivity index (χ0n) is 10.7. The lowest BCUT2D eigenvalue weighted by Gasteiger charge is -2.09. The molecule has 2 rings (SSSR count). The van der Waals surface area contributed by atoms with Gasteiger partial charge in [-0.1, -0.05) is 0 Å². The van der Waals surface area contributed by atoms with Gasteiger partial charge < -0.3 is 14.8 Å². The van der Waals surface area contributed by atoms with Gasteiger partial charge in [0.25, 0.3) is 5.91 Å². The summed E-state index contributed by atoms with van der Waals surface area (Å²) in [6.45, 7) is 1.83. The molecule has 2 aromatic rings. The molecule has 0 aliphatic heterocycles. The molecule has 0 fully saturated rings. The highest BCUT2D eigenvalue weighted by atomic mass is 32.1. The van der Waals surface area contributed by atoms with Crippen molar-refractivity contribution in [3.05, 3.63) is 52.1 Å². The largest absolute Gasteiger partial charge is 0.478 e. The lowest BCUT2D eigenvalue weighted by Crippen LogP contribution is -2.25. The topological polar surface area (TPSA) is 79.5 Å². The number of furan rings is 1. The van der Waals surface area contributed by atoms with Crippen molar-refractivity contribution >= 4 is 29.3 Å². The van der Waals surface area contributed by atoms with Gasteiger partial charge >= 0.3 is 5.97 Å². The maximum absolute atomic E-state index is 12.0. The van der Waals surface area contributed by atoms with E-state index < -0.39 is 5.97 Å². The van der Waals surface area contributed by atoms with E-state index in [1.807, 2.05) is 6.92 Å². The summed E-state index contributed by atoms with van der Waals surface area (Å²) in [7, 11) is 0. The first-order valence-electron chi connectivity index (χ1n) is 5.91. The van der Waals surface area contributed by atoms with Crippen molar-refractivity contribution in [3.63, 3.8) is 0 Å². The van der Waals surface area contributed by atoms with Crippen LogP contribution in [0.25, 0.3) is 6.08 Å². The Balaban J connectivity index is 2.01. The Labute approximate surface area is 119 Å². The first kappa shape index (κ1) is 14.1. The molecule has 2 heterocycles. The third kappa shape index (κ3) is 3.58. The summed E-state index contributed by atoms with van der Waals surface area (Å²) in [5.74, 6) is -0.550. The fourth-order valence-corrected chi connectivity index (χ4v) is 2.41. The zero-order valence-corrected chi connectivity index (χ0v) is 11.5. The monoisotopic (exact) mass is 291 g/mol. The predicted octanol–water partition coefficient (Wildman–Crippen LogP) is 2.93. The van der Waals surface area contributed by atoms with E-state index in [0.29, 0.717) is 15.5 Å². The molecule has 0 aromatic carbocycles. The number of amides is 1. The number of aliphatic carboxylic acids is 1. The van der Waals surface area contributed by atoms with E-state index >= 15 is 0 Å². The van der Waals surface area contributed by atoms with Crippen LogP contribution in [0.1, 0.15) is 33.3 Å². The van der Waals surface area contributed by atoms with Crippen LogP contribution in [-0.2, 0) is 4.79 Å². The van der Waals surface area contributed by atoms with Crippen molar-refractivity contribution in [2.24, 2.45) is 0 Å². The molecule has 2 N–H and O–H groups in total. The van der Waals surface area contributed by atoms with Crippen LogP contribution in [0.5, 0.6) is 0 Å². The summed E-state index contributed by atoms with van der Waals surface area (Å²) >= 11 is 1.23. The van der Waals surface area contributed by atoms with Crippen LogP contribution in [-0.4, -0.2) is 17.0 Å². The molecule has 0 bridgehead atoms. The lowest BCUT2D eigenvalue weighted by molar-refractivity contribution is -0.131. The van der Waals surface area contributed by atoms with E-state index in [4.69, 9.17) is 9.52 Å². The van der Waals surface area contributed by atoms with E-state index in [0.717, 1.165) is 6.08 Å². The minimum absolute atomic E-state index is 0.214. The van der Waals surface area contributed by atoms with E-state index in [9.17, 15) is 9.59 Å². The molecule has 1 atom stereocenters. The Morgan fingerprint density at radius 1 is 1.40 bits per heavy atom. The standard InChI is InChI=1S/C14H13NO4S/c1-9(11-3-2-8-19-11)15-14(18)12-6-4-10(20-12)5-7-13(16)17/h2-9H,1H3,(H,15,18)(H,16,17). The molecular weight excluding hydrogens is 278 g/mol. The van der Waals surface area contributed by atoms with E-state index in [2.05, 4.69) is 5.32 Å². The number of hydrogen-bond donors (Lipinski definition) is 2. The van der Waals surface area contributed by atoms with Gasteiger partial charge in [0, 0.05) is 11.0 Å². The summed E-state index contributed by atoms with van der Waals surface area (Å²) in [5, 5.41) is 11.4. The first-order valence-corrected chi connectivity index (χ1v) is 6.73. The number of nitrogens with one attached hydrogen (secondary N) is 1. The van der Waals surface area contributed by atoms with Crippen molar-refractivity contribution < 1.29 is 19.1 Å². The van der Waals surface area contributed by atoms with Crippen molar-refractivity contribution in [1.29, 1.82) is 0 Å². The maximum atomic E-state index is 12.0. The van der Waals surface area contributed by atoms with Gasteiger partial charge in [0.1, 0.15) is 5.76 Å². The highest BCUT2D eigenvalue weighted by Gasteiger charge is 2.14. The fraction of sp³-hybridized carbons (Fsp3) is 0.143. The van der Waals surface area contributed by atoms with E-state index in [1.165, 1.54) is 17.4 Å². The maximum Gasteiger partial charge on any atom is 0.328 e. The van der Waals surface area contributed by atoms with Crippen LogP contribution < -0.4 is 5.32 Å². The summed E-state index contributed by atoms with van der Waals surface area (Å²) in [6, 6.07) is 6.70. The number of thiophene rings is 1. The van der Waals surface area contributed by atoms with Crippen molar-refractivity contribution in [1.82, 2.24) is 5.32 Å². The Bertz CT molecular complexity index is 627. The average Bonchev–Trinajstić information content (AvgIpc) is 3.07. The fourth-order valence-electron chi connectivity index (χ4n) is 1.59. The van der Waals surface area contributed by atoms with E-state index in [1.54, 1.807) is 30.5 Å². The zero-order chi connectivity index (χ0) is 14.5. The summed E-state index contributed by atoms with van der Waals surface area (Å²) < 4.78 is 5.21. The number of carbonyl (C=O) groups excluding carboxylic acids is 1. The average molecular weight is 291 g/mol. The Morgan fingerprint density at radius 2 is 2.20 bits per heavy atom. The normalized spacial score (nSPS) is 12.4. The third-order valence-corrected chi connectivity index (χ3v) is 3.61. The van der Waals surface area contributed by atoms with E-state index in [-0.39, 0.29) is 11.9 Å². The second-order valence-corrected chi connectivity index (χ2v) is 5.20. The molecule has 1 unspecified atom stereocenters. The van der Waals surface area contributed by atoms with Gasteiger partial charge in [-0.15, -0.1) is 11.3 Å². The van der Waals surface area contributed by atoms with Crippen molar-refractivity contribution in [3.8, 4) is 0 Å². The number of carboxylic acids is 1. The van der Waals surface area contributed by atoms with Crippen LogP contribution >= 0.6 is 11.3 Å². The van der Waals surface area contributed by atoms with Gasteiger partial charge in [-0.2, -0.15) is 0 Å². The molecule has 104 valence electrons. The van der Waals surface area contributed by atoms with Crippen LogP contribution in [0.4, 0.5) is 0 Å². The smallest absolute Gasteiger partial charge is 0.328 e. The molecule has 5 nitrogen and oxygen atoms in total. The molecular formula is C14H13NO4S. The summed E-state index contributed by atoms with van der Waals surface area (Å²) in [6.07, 6.45) is 4.05. The third-order valence-electron chi connectivity index (χ3n) is 2.56. The number of hydrogen-bond acceptors (Lipinski definition) is 4. The molecule has 0 radical (unpaired) electrons. The van der Waals surface area contributed by atoms with Gasteiger partial charge in [0.05, 0.1) is 17.2 Å². The van der Waals surface area contributed by atoms with Crippen molar-refractivity contribution in [2.45, 2.75) is 13.0 Å². The second kappa shape index (κ2) is 6.21. The highest BCUT2D eigenvalue weighted by molar-refractivity contribution is 7.14. The quantitative estimate of drug-likeness (QED) is 0.830. The molecule has 1 amide bonds. The van der Waals surface area contributed by atoms with Gasteiger partial charge in [0.15, 0.2) is 0 Å². The van der Waals surface area contributed by atoms with Crippen LogP contribution in [0.2, 0.25) is 0 Å². The van der Waals surface area contributed by atoms with Crippen molar-refractivity contribution in [2.75, 3.05) is 0 Å². The number of rotatable bonds is 5. The molecule has 6 heteroatoms. The van der Waals surface area contributed by atoms with Gasteiger partial charge in [-0.25, -0.2) is 4.79 Å². The number of carboxylic acid groups (broad SMARTS) is 1. The Hall–Kier alpha value is -2.34. The minimum atomic E-state index is -1.02. The molecule has 0 spiro atoms.